The summed E-state index contributed by atoms with van der Waals surface area (Å²) in [5.74, 6) is -0.679. The van der Waals surface area contributed by atoms with Crippen molar-refractivity contribution in [2.24, 2.45) is 0 Å². The lowest BCUT2D eigenvalue weighted by Gasteiger charge is -2.10. The molecule has 0 radical (unpaired) electrons. The molecule has 0 spiro atoms. The summed E-state index contributed by atoms with van der Waals surface area (Å²) in [7, 11) is 0. The minimum absolute atomic E-state index is 0.104. The van der Waals surface area contributed by atoms with Crippen LogP contribution >= 0.6 is 0 Å². The number of phenolic OH excluding ortho intramolecular Hbond substituents is 2. The van der Waals surface area contributed by atoms with Crippen LogP contribution in [-0.2, 0) is 9.47 Å². The summed E-state index contributed by atoms with van der Waals surface area (Å²) >= 11 is 0. The molecule has 0 amide bonds. The smallest absolute Gasteiger partial charge is 0.339 e. The van der Waals surface area contributed by atoms with Gasteiger partial charge in [0.2, 0.25) is 0 Å². The van der Waals surface area contributed by atoms with Gasteiger partial charge >= 0.3 is 11.9 Å². The van der Waals surface area contributed by atoms with Gasteiger partial charge in [0.15, 0.2) is 0 Å². The van der Waals surface area contributed by atoms with Crippen LogP contribution in [0.2, 0.25) is 0 Å². The Bertz CT molecular complexity index is 809. The monoisotopic (exact) mass is 514 g/mol. The first-order valence-corrected chi connectivity index (χ1v) is 13.8. The van der Waals surface area contributed by atoms with E-state index in [1.54, 1.807) is 43.3 Å². The Labute approximate surface area is 223 Å². The molecule has 0 heterocycles. The molecule has 0 aliphatic carbocycles. The fraction of sp³-hybridized carbons (Fsp3) is 0.548. The van der Waals surface area contributed by atoms with Crippen molar-refractivity contribution in [1.82, 2.24) is 0 Å². The molecule has 2 aromatic carbocycles. The number of rotatable bonds is 16. The molecule has 6 nitrogen and oxygen atoms in total. The van der Waals surface area contributed by atoms with Crippen molar-refractivity contribution in [2.75, 3.05) is 13.2 Å². The van der Waals surface area contributed by atoms with E-state index in [2.05, 4.69) is 13.8 Å². The minimum atomic E-state index is -0.444. The number of aromatic hydroxyl groups is 2. The first kappa shape index (κ1) is 32.0. The Morgan fingerprint density at radius 1 is 0.622 bits per heavy atom. The second kappa shape index (κ2) is 20.1. The average Bonchev–Trinajstić information content (AvgIpc) is 2.87. The molecule has 2 rings (SSSR count). The van der Waals surface area contributed by atoms with E-state index in [9.17, 15) is 9.59 Å². The van der Waals surface area contributed by atoms with E-state index in [1.807, 2.05) is 0 Å². The van der Waals surface area contributed by atoms with Crippen LogP contribution in [0.5, 0.6) is 11.5 Å². The largest absolute Gasteiger partial charge is 0.508 e. The number of aryl methyl sites for hydroxylation is 1. The molecule has 37 heavy (non-hydrogen) atoms. The van der Waals surface area contributed by atoms with Gasteiger partial charge < -0.3 is 19.7 Å². The highest BCUT2D eigenvalue weighted by atomic mass is 16.5. The topological polar surface area (TPSA) is 93.1 Å². The first-order valence-electron chi connectivity index (χ1n) is 13.8. The van der Waals surface area contributed by atoms with Crippen molar-refractivity contribution in [1.29, 1.82) is 0 Å². The molecule has 0 saturated carbocycles. The van der Waals surface area contributed by atoms with Crippen molar-refractivity contribution in [2.45, 2.75) is 97.8 Å². The Hall–Kier alpha value is -3.02. The van der Waals surface area contributed by atoms with Crippen molar-refractivity contribution in [3.05, 3.63) is 59.2 Å². The lowest BCUT2D eigenvalue weighted by atomic mass is 10.1. The molecule has 0 unspecified atom stereocenters. The van der Waals surface area contributed by atoms with Gasteiger partial charge in [-0.1, -0.05) is 90.2 Å². The highest BCUT2D eigenvalue weighted by Gasteiger charge is 2.18. The Balaban J connectivity index is 0.000000635. The lowest BCUT2D eigenvalue weighted by molar-refractivity contribution is 0.0450. The lowest BCUT2D eigenvalue weighted by Crippen LogP contribution is -2.15. The van der Waals surface area contributed by atoms with Crippen molar-refractivity contribution in [3.63, 3.8) is 0 Å². The number of ether oxygens (including phenoxy) is 2. The number of hydrogen-bond acceptors (Lipinski definition) is 6. The number of unbranched alkanes of at least 4 members (excludes halogenated alkanes) is 10. The molecule has 2 aromatic rings. The molecule has 0 bridgehead atoms. The standard InChI is InChI=1S/C24H38O4.C7H8O2/c1-3-5-7-9-11-15-19-27-23(25)21-17-13-14-18-22(21)24(26)28-20-16-12-10-8-6-4-2;1-5-2-6(8)4-7(9)3-5/h13-14,17-18H,3-12,15-16,19-20H2,1-2H3;2-4,8-9H,1H3. The predicted molar refractivity (Wildman–Crippen MR) is 148 cm³/mol. The van der Waals surface area contributed by atoms with Gasteiger partial charge in [-0.25, -0.2) is 9.59 Å². The highest BCUT2D eigenvalue weighted by Crippen LogP contribution is 2.19. The van der Waals surface area contributed by atoms with E-state index in [1.165, 1.54) is 57.4 Å². The van der Waals surface area contributed by atoms with Crippen LogP contribution in [0, 0.1) is 6.92 Å². The van der Waals surface area contributed by atoms with Crippen LogP contribution < -0.4 is 0 Å². The van der Waals surface area contributed by atoms with Gasteiger partial charge in [-0.3, -0.25) is 0 Å². The van der Waals surface area contributed by atoms with Crippen molar-refractivity contribution >= 4 is 11.9 Å². The van der Waals surface area contributed by atoms with Gasteiger partial charge in [-0.15, -0.1) is 0 Å². The minimum Gasteiger partial charge on any atom is -0.508 e. The van der Waals surface area contributed by atoms with Gasteiger partial charge in [0.25, 0.3) is 0 Å². The summed E-state index contributed by atoms with van der Waals surface area (Å²) in [5.41, 5.74) is 1.44. The molecule has 206 valence electrons. The normalized spacial score (nSPS) is 10.4. The van der Waals surface area contributed by atoms with E-state index in [4.69, 9.17) is 19.7 Å². The number of carbonyl (C=O) groups excluding carboxylic acids is 2. The highest BCUT2D eigenvalue weighted by molar-refractivity contribution is 6.03. The molecule has 0 fully saturated rings. The molecule has 0 atom stereocenters. The zero-order valence-electron chi connectivity index (χ0n) is 23.0. The van der Waals surface area contributed by atoms with Crippen LogP contribution in [0.15, 0.2) is 42.5 Å². The van der Waals surface area contributed by atoms with E-state index >= 15 is 0 Å². The van der Waals surface area contributed by atoms with Crippen LogP contribution in [0.1, 0.15) is 117 Å². The van der Waals surface area contributed by atoms with Crippen LogP contribution in [0.4, 0.5) is 0 Å². The summed E-state index contributed by atoms with van der Waals surface area (Å²) < 4.78 is 10.7. The third kappa shape index (κ3) is 15.0. The predicted octanol–water partition coefficient (Wildman–Crippen LogP) is 8.13. The van der Waals surface area contributed by atoms with Crippen LogP contribution in [0.3, 0.4) is 0 Å². The summed E-state index contributed by atoms with van der Waals surface area (Å²) in [5, 5.41) is 17.7. The second-order valence-electron chi connectivity index (χ2n) is 9.38. The zero-order chi connectivity index (χ0) is 27.3. The number of carbonyl (C=O) groups is 2. The molecule has 0 aliphatic heterocycles. The van der Waals surface area contributed by atoms with E-state index in [-0.39, 0.29) is 11.5 Å². The van der Waals surface area contributed by atoms with Crippen molar-refractivity contribution < 1.29 is 29.3 Å². The van der Waals surface area contributed by atoms with Gasteiger partial charge in [-0.2, -0.15) is 0 Å². The SMILES string of the molecule is CCCCCCCCOC(=O)c1ccccc1C(=O)OCCCCCCCC.Cc1cc(O)cc(O)c1. The Kier molecular flexibility index (Phi) is 17.4. The summed E-state index contributed by atoms with van der Waals surface area (Å²) in [6.45, 7) is 6.98. The fourth-order valence-corrected chi connectivity index (χ4v) is 3.83. The fourth-order valence-electron chi connectivity index (χ4n) is 3.83. The second-order valence-corrected chi connectivity index (χ2v) is 9.38. The number of esters is 2. The number of phenols is 2. The van der Waals surface area contributed by atoms with Crippen LogP contribution in [0.25, 0.3) is 0 Å². The third-order valence-corrected chi connectivity index (χ3v) is 5.88. The first-order chi connectivity index (χ1) is 17.9. The molecular formula is C31H46O6. The molecule has 0 aromatic heterocycles. The maximum Gasteiger partial charge on any atom is 0.339 e. The Morgan fingerprint density at radius 2 is 1.00 bits per heavy atom. The number of benzene rings is 2. The quantitative estimate of drug-likeness (QED) is 0.173. The summed E-state index contributed by atoms with van der Waals surface area (Å²) in [4.78, 5) is 24.7. The van der Waals surface area contributed by atoms with Gasteiger partial charge in [0, 0.05) is 6.07 Å². The zero-order valence-corrected chi connectivity index (χ0v) is 23.0. The van der Waals surface area contributed by atoms with Crippen LogP contribution in [-0.4, -0.2) is 35.4 Å². The van der Waals surface area contributed by atoms with Gasteiger partial charge in [0.05, 0.1) is 24.3 Å². The number of hydrogen-bond donors (Lipinski definition) is 2. The van der Waals surface area contributed by atoms with Gasteiger partial charge in [0.1, 0.15) is 11.5 Å². The van der Waals surface area contributed by atoms with E-state index < -0.39 is 11.9 Å². The molecular weight excluding hydrogens is 468 g/mol. The maximum atomic E-state index is 12.4. The third-order valence-electron chi connectivity index (χ3n) is 5.88. The summed E-state index contributed by atoms with van der Waals surface area (Å²) in [6, 6.07) is 11.2. The van der Waals surface area contributed by atoms with Crippen molar-refractivity contribution in [3.8, 4) is 11.5 Å². The molecule has 0 aliphatic rings. The molecule has 0 saturated heterocycles. The van der Waals surface area contributed by atoms with E-state index in [0.29, 0.717) is 24.3 Å². The molecule has 2 N–H and O–H groups in total. The summed E-state index contributed by atoms with van der Waals surface area (Å²) in [6.07, 6.45) is 13.6. The average molecular weight is 515 g/mol. The molecule has 6 heteroatoms. The van der Waals surface area contributed by atoms with E-state index in [0.717, 1.165) is 31.2 Å². The Morgan fingerprint density at radius 3 is 1.38 bits per heavy atom. The van der Waals surface area contributed by atoms with Gasteiger partial charge in [-0.05, 0) is 49.6 Å². The maximum absolute atomic E-state index is 12.4.